The first-order valence-electron chi connectivity index (χ1n) is 15.2. The number of rotatable bonds is 5. The number of halogens is 1. The third-order valence-corrected chi connectivity index (χ3v) is 9.99. The molecule has 2 heterocycles. The van der Waals surface area contributed by atoms with Gasteiger partial charge in [-0.3, -0.25) is 14.7 Å². The van der Waals surface area contributed by atoms with Gasteiger partial charge < -0.3 is 26.2 Å². The molecule has 1 saturated heterocycles. The van der Waals surface area contributed by atoms with Crippen molar-refractivity contribution in [2.24, 2.45) is 16.9 Å². The molecule has 0 radical (unpaired) electrons. The van der Waals surface area contributed by atoms with Crippen molar-refractivity contribution in [1.82, 2.24) is 24.3 Å². The Labute approximate surface area is 259 Å². The van der Waals surface area contributed by atoms with Crippen LogP contribution in [-0.2, 0) is 17.6 Å². The molecule has 1 aromatic heterocycles. The third kappa shape index (κ3) is 6.31. The molecular weight excluding hydrogens is 568 g/mol. The minimum atomic E-state index is -0.944. The van der Waals surface area contributed by atoms with Crippen LogP contribution in [0, 0.1) is 5.41 Å². The van der Waals surface area contributed by atoms with Gasteiger partial charge in [-0.05, 0) is 101 Å². The van der Waals surface area contributed by atoms with E-state index >= 15 is 0 Å². The largest absolute Gasteiger partial charge is 0.354 e. The molecule has 4 aliphatic rings. The maximum absolute atomic E-state index is 13.0. The lowest BCUT2D eigenvalue weighted by molar-refractivity contribution is -0.137. The fourth-order valence-electron chi connectivity index (χ4n) is 7.51. The number of likely N-dealkylation sites (N-methyl/N-ethyl adjacent to an activating group) is 1. The molecule has 2 aromatic rings. The Kier molecular flexibility index (Phi) is 8.65. The maximum Gasteiger partial charge on any atom is 0.354 e. The highest BCUT2D eigenvalue weighted by atomic mass is 35.5. The van der Waals surface area contributed by atoms with Gasteiger partial charge in [-0.15, -0.1) is 12.4 Å². The van der Waals surface area contributed by atoms with Crippen LogP contribution in [0.15, 0.2) is 35.3 Å². The van der Waals surface area contributed by atoms with E-state index in [0.29, 0.717) is 49.7 Å². The van der Waals surface area contributed by atoms with E-state index in [1.807, 2.05) is 6.07 Å². The van der Waals surface area contributed by atoms with Gasteiger partial charge in [-0.2, -0.15) is 4.98 Å². The standard InChI is InChI=1S/C31H44N8O3.ClH/c1-30(2,33)27(40)37-10-12-38(13-11-37)28(41)34-26-8-9-39(29(42)35-26)24-7-5-20-14-23(6-4-21(20)15-24)36(3)25-18-31(19-25)16-22(32)17-31;/h5,7-9,15,22-23,25H,4,6,10-14,16-19,32-33H2,1-3H3,(H,34,35,41,42);1H. The number of hydrogen-bond acceptors (Lipinski definition) is 7. The minimum Gasteiger partial charge on any atom is -0.338 e. The minimum absolute atomic E-state index is 0. The number of nitrogens with zero attached hydrogens (tertiary/aromatic N) is 5. The number of benzene rings is 1. The molecule has 1 aromatic carbocycles. The van der Waals surface area contributed by atoms with Gasteiger partial charge in [0.25, 0.3) is 0 Å². The van der Waals surface area contributed by atoms with E-state index in [4.69, 9.17) is 11.5 Å². The molecule has 1 atom stereocenters. The molecule has 3 fully saturated rings. The number of amides is 3. The van der Waals surface area contributed by atoms with Crippen LogP contribution >= 0.6 is 12.4 Å². The summed E-state index contributed by atoms with van der Waals surface area (Å²) in [6.07, 6.45) is 9.76. The molecular formula is C31H45ClN8O3. The van der Waals surface area contributed by atoms with Crippen LogP contribution < -0.4 is 22.5 Å². The number of urea groups is 1. The van der Waals surface area contributed by atoms with Crippen LogP contribution in [0.5, 0.6) is 0 Å². The number of nitrogens with one attached hydrogen (secondary N) is 1. The smallest absolute Gasteiger partial charge is 0.338 e. The number of hydrogen-bond donors (Lipinski definition) is 3. The highest BCUT2D eigenvalue weighted by Crippen LogP contribution is 2.57. The number of carbonyl (C=O) groups excluding carboxylic acids is 2. The van der Waals surface area contributed by atoms with Gasteiger partial charge in [0.15, 0.2) is 0 Å². The van der Waals surface area contributed by atoms with Gasteiger partial charge in [-0.25, -0.2) is 9.59 Å². The van der Waals surface area contributed by atoms with Crippen molar-refractivity contribution in [1.29, 1.82) is 0 Å². The molecule has 1 spiro atoms. The number of aryl methyl sites for hydroxylation is 1. The van der Waals surface area contributed by atoms with E-state index in [1.54, 1.807) is 35.9 Å². The van der Waals surface area contributed by atoms with Crippen molar-refractivity contribution < 1.29 is 9.59 Å². The summed E-state index contributed by atoms with van der Waals surface area (Å²) in [5, 5.41) is 2.73. The van der Waals surface area contributed by atoms with Crippen LogP contribution in [0.1, 0.15) is 57.1 Å². The highest BCUT2D eigenvalue weighted by Gasteiger charge is 2.53. The van der Waals surface area contributed by atoms with E-state index in [2.05, 4.69) is 34.4 Å². The first-order chi connectivity index (χ1) is 19.9. The van der Waals surface area contributed by atoms with Crippen LogP contribution in [0.4, 0.5) is 10.6 Å². The van der Waals surface area contributed by atoms with Gasteiger partial charge in [0.2, 0.25) is 5.91 Å². The number of aromatic nitrogens is 2. The van der Waals surface area contributed by atoms with Crippen molar-refractivity contribution in [3.05, 3.63) is 52.1 Å². The summed E-state index contributed by atoms with van der Waals surface area (Å²) in [7, 11) is 2.29. The molecule has 1 aliphatic heterocycles. The Balaban J connectivity index is 0.00000368. The number of anilines is 1. The van der Waals surface area contributed by atoms with E-state index in [9.17, 15) is 14.4 Å². The summed E-state index contributed by atoms with van der Waals surface area (Å²) in [5.74, 6) is 0.0665. The Morgan fingerprint density at radius 1 is 1.02 bits per heavy atom. The van der Waals surface area contributed by atoms with E-state index in [0.717, 1.165) is 24.9 Å². The Bertz CT molecular complexity index is 1420. The number of nitrogens with two attached hydrogens (primary N) is 2. The molecule has 3 aliphatic carbocycles. The molecule has 1 unspecified atom stereocenters. The summed E-state index contributed by atoms with van der Waals surface area (Å²) in [6, 6.07) is 9.16. The lowest BCUT2D eigenvalue weighted by Gasteiger charge is -2.60. The predicted octanol–water partition coefficient (Wildman–Crippen LogP) is 2.13. The Morgan fingerprint density at radius 3 is 2.33 bits per heavy atom. The molecule has 234 valence electrons. The zero-order valence-corrected chi connectivity index (χ0v) is 26.2. The van der Waals surface area contributed by atoms with Crippen molar-refractivity contribution in [3.63, 3.8) is 0 Å². The molecule has 12 heteroatoms. The van der Waals surface area contributed by atoms with E-state index in [1.165, 1.54) is 41.4 Å². The van der Waals surface area contributed by atoms with Crippen LogP contribution in [0.2, 0.25) is 0 Å². The van der Waals surface area contributed by atoms with Gasteiger partial charge >= 0.3 is 11.7 Å². The summed E-state index contributed by atoms with van der Waals surface area (Å²) in [6.45, 7) is 4.94. The maximum atomic E-state index is 13.0. The zero-order chi connectivity index (χ0) is 29.8. The second kappa shape index (κ2) is 11.8. The molecule has 43 heavy (non-hydrogen) atoms. The summed E-state index contributed by atoms with van der Waals surface area (Å²) >= 11 is 0. The van der Waals surface area contributed by atoms with Gasteiger partial charge in [0.05, 0.1) is 11.2 Å². The highest BCUT2D eigenvalue weighted by molar-refractivity contribution is 5.89. The van der Waals surface area contributed by atoms with Crippen molar-refractivity contribution in [3.8, 4) is 5.69 Å². The second-order valence-corrected chi connectivity index (χ2v) is 13.6. The summed E-state index contributed by atoms with van der Waals surface area (Å²) < 4.78 is 1.52. The number of carbonyl (C=O) groups is 2. The van der Waals surface area contributed by atoms with Crippen LogP contribution in [-0.4, -0.2) is 93.1 Å². The fourth-order valence-corrected chi connectivity index (χ4v) is 7.51. The van der Waals surface area contributed by atoms with E-state index < -0.39 is 11.2 Å². The lowest BCUT2D eigenvalue weighted by Crippen LogP contribution is -2.60. The molecule has 0 bridgehead atoms. The van der Waals surface area contributed by atoms with Crippen LogP contribution in [0.3, 0.4) is 0 Å². The zero-order valence-electron chi connectivity index (χ0n) is 25.4. The molecule has 5 N–H and O–H groups in total. The fraction of sp³-hybridized carbons (Fsp3) is 0.613. The monoisotopic (exact) mass is 612 g/mol. The average Bonchev–Trinajstić information content (AvgIpc) is 2.92. The first kappa shape index (κ1) is 31.4. The Hall–Kier alpha value is -2.99. The quantitative estimate of drug-likeness (QED) is 0.469. The topological polar surface area (TPSA) is 143 Å². The average molecular weight is 613 g/mol. The van der Waals surface area contributed by atoms with E-state index in [-0.39, 0.29) is 30.2 Å². The second-order valence-electron chi connectivity index (χ2n) is 13.6. The third-order valence-electron chi connectivity index (χ3n) is 9.99. The van der Waals surface area contributed by atoms with Gasteiger partial charge in [-0.1, -0.05) is 6.07 Å². The summed E-state index contributed by atoms with van der Waals surface area (Å²) in [4.78, 5) is 48.2. The summed E-state index contributed by atoms with van der Waals surface area (Å²) in [5.41, 5.74) is 14.5. The predicted molar refractivity (Wildman–Crippen MR) is 169 cm³/mol. The van der Waals surface area contributed by atoms with Crippen molar-refractivity contribution in [2.45, 2.75) is 82.5 Å². The molecule has 6 rings (SSSR count). The molecule has 11 nitrogen and oxygen atoms in total. The number of fused-ring (bicyclic) bond motifs is 1. The lowest BCUT2D eigenvalue weighted by atomic mass is 9.52. The van der Waals surface area contributed by atoms with Crippen LogP contribution in [0.25, 0.3) is 5.69 Å². The molecule has 3 amide bonds. The molecule has 2 saturated carbocycles. The van der Waals surface area contributed by atoms with Crippen molar-refractivity contribution >= 4 is 30.2 Å². The number of piperazine rings is 1. The van der Waals surface area contributed by atoms with Crippen molar-refractivity contribution in [2.75, 3.05) is 38.5 Å². The Morgan fingerprint density at radius 2 is 1.70 bits per heavy atom. The van der Waals surface area contributed by atoms with Gasteiger partial charge in [0, 0.05) is 50.5 Å². The first-order valence-corrected chi connectivity index (χ1v) is 15.2. The van der Waals surface area contributed by atoms with Gasteiger partial charge in [0.1, 0.15) is 5.82 Å². The normalized spacial score (nSPS) is 26.7. The SMILES string of the molecule is CN(C1CCc2cc(-n3ccc(NC(=O)N4CCN(C(=O)C(C)(C)N)CC4)nc3=O)ccc2C1)C1CC2(CC(N)C2)C1.Cl.